The van der Waals surface area contributed by atoms with Crippen LogP contribution in [-0.2, 0) is 16.3 Å². The zero-order valence-corrected chi connectivity index (χ0v) is 20.1. The van der Waals surface area contributed by atoms with Crippen LogP contribution >= 0.6 is 11.5 Å². The van der Waals surface area contributed by atoms with Crippen LogP contribution in [0, 0.1) is 18.8 Å². The number of phenols is 1. The van der Waals surface area contributed by atoms with E-state index in [0.717, 1.165) is 36.9 Å². The molecule has 1 aliphatic rings. The summed E-state index contributed by atoms with van der Waals surface area (Å²) < 4.78 is 29.8. The summed E-state index contributed by atoms with van der Waals surface area (Å²) in [6.07, 6.45) is 2.32. The van der Waals surface area contributed by atoms with Gasteiger partial charge in [-0.25, -0.2) is 13.4 Å². The number of aromatic hydroxyl groups is 1. The minimum atomic E-state index is -3.34. The third-order valence-electron chi connectivity index (χ3n) is 6.25. The van der Waals surface area contributed by atoms with Crippen molar-refractivity contribution in [2.24, 2.45) is 11.8 Å². The smallest absolute Gasteiger partial charge is 0.205 e. The van der Waals surface area contributed by atoms with Crippen LogP contribution in [0.5, 0.6) is 5.75 Å². The number of phenolic OH excluding ortho intramolecular Hbond substituents is 1. The zero-order valence-electron chi connectivity index (χ0n) is 18.4. The molecule has 3 aromatic rings. The van der Waals surface area contributed by atoms with Crippen LogP contribution in [-0.4, -0.2) is 41.7 Å². The molecule has 1 N–H and O–H groups in total. The second-order valence-electron chi connectivity index (χ2n) is 8.73. The zero-order chi connectivity index (χ0) is 22.7. The second kappa shape index (κ2) is 9.58. The SMILES string of the molecule is Cc1ccc(Cc2nsc(N3CCC(CCS(=O)(=O)c4ccc(O)cc4)C(C)C3)n2)cc1. The van der Waals surface area contributed by atoms with E-state index in [0.29, 0.717) is 18.3 Å². The molecule has 32 heavy (non-hydrogen) atoms. The van der Waals surface area contributed by atoms with Gasteiger partial charge in [0, 0.05) is 31.0 Å². The molecule has 2 aromatic carbocycles. The van der Waals surface area contributed by atoms with Crippen LogP contribution in [0.3, 0.4) is 0 Å². The maximum Gasteiger partial charge on any atom is 0.205 e. The van der Waals surface area contributed by atoms with Crippen LogP contribution < -0.4 is 4.90 Å². The molecule has 0 bridgehead atoms. The first kappa shape index (κ1) is 22.7. The van der Waals surface area contributed by atoms with Gasteiger partial charge in [-0.15, -0.1) is 0 Å². The van der Waals surface area contributed by atoms with Crippen LogP contribution in [0.4, 0.5) is 5.13 Å². The first-order valence-electron chi connectivity index (χ1n) is 10.9. The number of aryl methyl sites for hydroxylation is 1. The van der Waals surface area contributed by atoms with E-state index in [1.807, 2.05) is 0 Å². The molecule has 2 heterocycles. The monoisotopic (exact) mass is 471 g/mol. The van der Waals surface area contributed by atoms with Gasteiger partial charge in [0.25, 0.3) is 0 Å². The van der Waals surface area contributed by atoms with Crippen molar-refractivity contribution in [2.75, 3.05) is 23.7 Å². The van der Waals surface area contributed by atoms with E-state index in [-0.39, 0.29) is 16.4 Å². The molecule has 0 radical (unpaired) electrons. The summed E-state index contributed by atoms with van der Waals surface area (Å²) in [6.45, 7) is 6.01. The summed E-state index contributed by atoms with van der Waals surface area (Å²) in [6, 6.07) is 14.2. The lowest BCUT2D eigenvalue weighted by atomic mass is 9.85. The number of nitrogens with zero attached hydrogens (tertiary/aromatic N) is 3. The van der Waals surface area contributed by atoms with E-state index in [1.165, 1.54) is 46.9 Å². The number of hydrogen-bond acceptors (Lipinski definition) is 7. The molecule has 2 atom stereocenters. The van der Waals surface area contributed by atoms with Crippen LogP contribution in [0.15, 0.2) is 53.4 Å². The fraction of sp³-hybridized carbons (Fsp3) is 0.417. The lowest BCUT2D eigenvalue weighted by Crippen LogP contribution is -2.39. The van der Waals surface area contributed by atoms with Crippen LogP contribution in [0.1, 0.15) is 36.7 Å². The molecule has 1 saturated heterocycles. The molecule has 0 aliphatic carbocycles. The summed E-state index contributed by atoms with van der Waals surface area (Å²) >= 11 is 1.45. The van der Waals surface area contributed by atoms with Crippen molar-refractivity contribution < 1.29 is 13.5 Å². The quantitative estimate of drug-likeness (QED) is 0.547. The highest BCUT2D eigenvalue weighted by Gasteiger charge is 2.29. The molecule has 2 unspecified atom stereocenters. The average molecular weight is 472 g/mol. The normalized spacial score (nSPS) is 19.2. The Bertz CT molecular complexity index is 1140. The Labute approximate surface area is 194 Å². The molecule has 0 saturated carbocycles. The standard InChI is InChI=1S/C24H29N3O3S2/c1-17-3-5-19(6-4-17)15-23-25-24(31-26-23)27-13-11-20(18(2)16-27)12-14-32(29,30)22-9-7-21(28)8-10-22/h3-10,18,20,28H,11-16H2,1-2H3. The molecular weight excluding hydrogens is 442 g/mol. The lowest BCUT2D eigenvalue weighted by Gasteiger charge is -2.36. The highest BCUT2D eigenvalue weighted by atomic mass is 32.2. The lowest BCUT2D eigenvalue weighted by molar-refractivity contribution is 0.291. The molecule has 0 spiro atoms. The molecule has 4 rings (SSSR count). The fourth-order valence-corrected chi connectivity index (χ4v) is 6.33. The minimum absolute atomic E-state index is 0.0728. The topological polar surface area (TPSA) is 83.4 Å². The third-order valence-corrected chi connectivity index (χ3v) is 8.83. The van der Waals surface area contributed by atoms with Gasteiger partial charge in [-0.2, -0.15) is 4.37 Å². The molecule has 170 valence electrons. The largest absolute Gasteiger partial charge is 0.508 e. The van der Waals surface area contributed by atoms with Gasteiger partial charge in [-0.05, 0) is 61.4 Å². The Balaban J connectivity index is 1.32. The van der Waals surface area contributed by atoms with E-state index in [9.17, 15) is 13.5 Å². The van der Waals surface area contributed by atoms with Gasteiger partial charge in [-0.1, -0.05) is 36.8 Å². The summed E-state index contributed by atoms with van der Waals surface area (Å²) in [5, 5.41) is 10.3. The summed E-state index contributed by atoms with van der Waals surface area (Å²) in [7, 11) is -3.34. The summed E-state index contributed by atoms with van der Waals surface area (Å²) in [5.41, 5.74) is 2.45. The first-order chi connectivity index (χ1) is 15.3. The number of hydrogen-bond donors (Lipinski definition) is 1. The van der Waals surface area contributed by atoms with Gasteiger partial charge in [-0.3, -0.25) is 0 Å². The predicted octanol–water partition coefficient (Wildman–Crippen LogP) is 4.47. The van der Waals surface area contributed by atoms with Gasteiger partial charge in [0.15, 0.2) is 9.84 Å². The number of aromatic nitrogens is 2. The van der Waals surface area contributed by atoms with Gasteiger partial charge < -0.3 is 10.0 Å². The van der Waals surface area contributed by atoms with Crippen LogP contribution in [0.2, 0.25) is 0 Å². The van der Waals surface area contributed by atoms with Crippen molar-refractivity contribution in [3.05, 3.63) is 65.5 Å². The summed E-state index contributed by atoms with van der Waals surface area (Å²) in [5.74, 6) is 1.79. The van der Waals surface area contributed by atoms with E-state index in [2.05, 4.69) is 47.4 Å². The van der Waals surface area contributed by atoms with Crippen molar-refractivity contribution >= 4 is 26.5 Å². The molecule has 1 aliphatic heterocycles. The van der Waals surface area contributed by atoms with E-state index in [1.54, 1.807) is 0 Å². The van der Waals surface area contributed by atoms with Gasteiger partial charge in [0.1, 0.15) is 11.6 Å². The summed E-state index contributed by atoms with van der Waals surface area (Å²) in [4.78, 5) is 7.32. The Morgan fingerprint density at radius 1 is 1.12 bits per heavy atom. The number of anilines is 1. The van der Waals surface area contributed by atoms with Gasteiger partial charge >= 0.3 is 0 Å². The van der Waals surface area contributed by atoms with Gasteiger partial charge in [0.2, 0.25) is 5.13 Å². The molecule has 6 nitrogen and oxygen atoms in total. The van der Waals surface area contributed by atoms with E-state index in [4.69, 9.17) is 4.98 Å². The van der Waals surface area contributed by atoms with Gasteiger partial charge in [0.05, 0.1) is 10.6 Å². The number of piperidine rings is 1. The number of rotatable bonds is 7. The Morgan fingerprint density at radius 2 is 1.84 bits per heavy atom. The van der Waals surface area contributed by atoms with Crippen molar-refractivity contribution in [1.82, 2.24) is 9.36 Å². The molecule has 1 aromatic heterocycles. The van der Waals surface area contributed by atoms with E-state index < -0.39 is 9.84 Å². The maximum atomic E-state index is 12.6. The second-order valence-corrected chi connectivity index (χ2v) is 11.6. The van der Waals surface area contributed by atoms with Crippen molar-refractivity contribution in [2.45, 2.75) is 38.0 Å². The van der Waals surface area contributed by atoms with Crippen molar-refractivity contribution in [1.29, 1.82) is 0 Å². The average Bonchev–Trinajstić information content (AvgIpc) is 3.23. The molecule has 8 heteroatoms. The number of sulfone groups is 1. The Hall–Kier alpha value is -2.45. The Kier molecular flexibility index (Phi) is 6.81. The van der Waals surface area contributed by atoms with E-state index >= 15 is 0 Å². The van der Waals surface area contributed by atoms with Crippen molar-refractivity contribution in [3.8, 4) is 5.75 Å². The minimum Gasteiger partial charge on any atom is -0.508 e. The predicted molar refractivity (Wildman–Crippen MR) is 128 cm³/mol. The fourth-order valence-electron chi connectivity index (χ4n) is 4.21. The molecular formula is C24H29N3O3S2. The Morgan fingerprint density at radius 3 is 2.53 bits per heavy atom. The third kappa shape index (κ3) is 5.48. The highest BCUT2D eigenvalue weighted by Crippen LogP contribution is 2.31. The number of benzene rings is 2. The molecule has 0 amide bonds. The maximum absolute atomic E-state index is 12.6. The highest BCUT2D eigenvalue weighted by molar-refractivity contribution is 7.91. The van der Waals surface area contributed by atoms with Crippen LogP contribution in [0.25, 0.3) is 0 Å². The molecule has 1 fully saturated rings. The van der Waals surface area contributed by atoms with Crippen molar-refractivity contribution in [3.63, 3.8) is 0 Å². The first-order valence-corrected chi connectivity index (χ1v) is 13.4.